The van der Waals surface area contributed by atoms with Gasteiger partial charge in [-0.05, 0) is 58.4 Å². The van der Waals surface area contributed by atoms with Crippen LogP contribution in [0.5, 0.6) is 0 Å². The molecule has 1 amide bonds. The van der Waals surface area contributed by atoms with Crippen molar-refractivity contribution in [2.24, 2.45) is 10.9 Å². The first-order valence-electron chi connectivity index (χ1n) is 12.9. The van der Waals surface area contributed by atoms with Crippen molar-refractivity contribution in [3.63, 3.8) is 0 Å². The van der Waals surface area contributed by atoms with Crippen molar-refractivity contribution in [2.75, 3.05) is 20.0 Å². The van der Waals surface area contributed by atoms with E-state index < -0.39 is 48.5 Å². The molecule has 1 saturated carbocycles. The quantitative estimate of drug-likeness (QED) is 0.167. The summed E-state index contributed by atoms with van der Waals surface area (Å²) in [5.41, 5.74) is -1.61. The monoisotopic (exact) mass is 643 g/mol. The van der Waals surface area contributed by atoms with E-state index in [0.717, 1.165) is 6.04 Å². The number of hydrogen-bond acceptors (Lipinski definition) is 7. The van der Waals surface area contributed by atoms with Crippen LogP contribution in [-0.4, -0.2) is 54.8 Å². The van der Waals surface area contributed by atoms with Crippen LogP contribution >= 0.6 is 27.7 Å². The van der Waals surface area contributed by atoms with Crippen LogP contribution in [-0.2, 0) is 19.8 Å². The van der Waals surface area contributed by atoms with Gasteiger partial charge in [0.1, 0.15) is 36.1 Å². The normalized spacial score (nSPS) is 24.7. The van der Waals surface area contributed by atoms with Crippen LogP contribution in [0.3, 0.4) is 0 Å². The average molecular weight is 645 g/mol. The zero-order valence-corrected chi connectivity index (χ0v) is 26.8. The Morgan fingerprint density at radius 2 is 2.05 bits per heavy atom. The van der Waals surface area contributed by atoms with Gasteiger partial charge < -0.3 is 13.9 Å². The maximum absolute atomic E-state index is 15.4. The van der Waals surface area contributed by atoms with Gasteiger partial charge in [0.15, 0.2) is 11.6 Å². The number of carbonyl (C=O) groups excluding carboxylic acids is 1. The molecule has 39 heavy (non-hydrogen) atoms. The molecule has 0 saturated heterocycles. The number of oxazole rings is 1. The molecule has 1 aromatic heterocycles. The predicted octanol–water partition coefficient (Wildman–Crippen LogP) is 7.62. The highest BCUT2D eigenvalue weighted by atomic mass is 79.9. The Bertz CT molecular complexity index is 1260. The second-order valence-electron chi connectivity index (χ2n) is 12.3. The molecule has 7 nitrogen and oxygen atoms in total. The lowest BCUT2D eigenvalue weighted by Gasteiger charge is -2.38. The number of aromatic nitrogens is 1. The molecule has 214 valence electrons. The van der Waals surface area contributed by atoms with E-state index in [1.165, 1.54) is 29.1 Å². The van der Waals surface area contributed by atoms with Crippen LogP contribution in [0.2, 0.25) is 25.7 Å². The first-order chi connectivity index (χ1) is 18.1. The molecule has 4 rings (SSSR count). The number of fused-ring (bicyclic) bond motifs is 1. The summed E-state index contributed by atoms with van der Waals surface area (Å²) < 4.78 is 48.0. The van der Waals surface area contributed by atoms with Gasteiger partial charge in [0.05, 0.1) is 10.4 Å². The number of hydrogen-bond donors (Lipinski definition) is 0. The topological polar surface area (TPSA) is 77.2 Å². The number of aliphatic imine (C=N–C) groups is 1. The van der Waals surface area contributed by atoms with Crippen LogP contribution < -0.4 is 0 Å². The van der Waals surface area contributed by atoms with Gasteiger partial charge >= 0.3 is 6.09 Å². The third-order valence-electron chi connectivity index (χ3n) is 6.85. The molecule has 1 aliphatic heterocycles. The van der Waals surface area contributed by atoms with Gasteiger partial charge in [-0.1, -0.05) is 47.3 Å². The fourth-order valence-corrected chi connectivity index (χ4v) is 7.54. The van der Waals surface area contributed by atoms with Gasteiger partial charge in [0.2, 0.25) is 0 Å². The molecule has 0 N–H and O–H groups in total. The van der Waals surface area contributed by atoms with E-state index in [4.69, 9.17) is 18.9 Å². The Morgan fingerprint density at radius 3 is 2.64 bits per heavy atom. The number of thioether (sulfide) groups is 1. The molecule has 2 aliphatic rings. The number of ether oxygens (including phenoxy) is 2. The van der Waals surface area contributed by atoms with Gasteiger partial charge in [0, 0.05) is 30.6 Å². The van der Waals surface area contributed by atoms with Gasteiger partial charge in [-0.3, -0.25) is 0 Å². The maximum atomic E-state index is 15.4. The smallest absolute Gasteiger partial charge is 0.418 e. The van der Waals surface area contributed by atoms with Gasteiger partial charge in [-0.2, -0.15) is 0 Å². The molecular weight excluding hydrogens is 608 g/mol. The number of carbonyl (C=O) groups is 1. The Hall–Kier alpha value is -1.76. The zero-order valence-electron chi connectivity index (χ0n) is 23.4. The summed E-state index contributed by atoms with van der Waals surface area (Å²) in [6.07, 6.45) is 1.14. The number of benzene rings is 1. The molecular formula is C27H36BrF2N3O4SSi. The SMILES string of the molecule is Cc1ncoc1[C@]12CC1[C@@](CF)(c1cc(Br)ccc1F)N=C(N(COCC[Si](C)(C)C)C(=O)OC(C)(C)C)S2. The fourth-order valence-electron chi connectivity index (χ4n) is 4.78. The average Bonchev–Trinajstić information content (AvgIpc) is 3.41. The number of halogens is 3. The number of amidine groups is 1. The van der Waals surface area contributed by atoms with Gasteiger partial charge in [-0.25, -0.2) is 28.5 Å². The summed E-state index contributed by atoms with van der Waals surface area (Å²) in [6.45, 7) is 13.2. The minimum atomic E-state index is -1.59. The van der Waals surface area contributed by atoms with E-state index in [-0.39, 0.29) is 17.5 Å². The predicted molar refractivity (Wildman–Crippen MR) is 155 cm³/mol. The Kier molecular flexibility index (Phi) is 8.44. The zero-order chi connectivity index (χ0) is 28.8. The number of alkyl halides is 1. The summed E-state index contributed by atoms with van der Waals surface area (Å²) in [4.78, 5) is 23.9. The summed E-state index contributed by atoms with van der Waals surface area (Å²) in [5.74, 6) is -0.425. The molecule has 3 atom stereocenters. The lowest BCUT2D eigenvalue weighted by Crippen LogP contribution is -2.46. The third kappa shape index (κ3) is 6.28. The lowest BCUT2D eigenvalue weighted by molar-refractivity contribution is 0.0109. The highest BCUT2D eigenvalue weighted by Crippen LogP contribution is 2.72. The highest BCUT2D eigenvalue weighted by molar-refractivity contribution is 9.10. The molecule has 0 radical (unpaired) electrons. The van der Waals surface area contributed by atoms with Crippen LogP contribution in [0.25, 0.3) is 0 Å². The maximum Gasteiger partial charge on any atom is 0.418 e. The first kappa shape index (κ1) is 30.2. The number of rotatable bonds is 8. The third-order valence-corrected chi connectivity index (χ3v) is 10.5. The molecule has 12 heteroatoms. The summed E-state index contributed by atoms with van der Waals surface area (Å²) in [7, 11) is -1.39. The minimum Gasteiger partial charge on any atom is -0.447 e. The van der Waals surface area contributed by atoms with E-state index in [0.29, 0.717) is 29.0 Å². The van der Waals surface area contributed by atoms with E-state index in [1.807, 2.05) is 6.92 Å². The van der Waals surface area contributed by atoms with Crippen LogP contribution in [0, 0.1) is 18.7 Å². The molecule has 1 aromatic carbocycles. The van der Waals surface area contributed by atoms with Crippen molar-refractivity contribution in [3.05, 3.63) is 51.9 Å². The molecule has 2 aromatic rings. The number of nitrogens with zero attached hydrogens (tertiary/aromatic N) is 3. The standard InChI is InChI=1S/C27H36BrF2N3O4SSi/c1-17-22(36-15-31-17)27-13-21(27)26(14-29,19-12-18(28)8-9-20(19)30)32-23(38-27)33(24(34)37-25(2,3)4)16-35-10-11-39(5,6)7/h8-9,12,15,21H,10-11,13-14,16H2,1-7H3/t21?,26-,27+/m1/s1. The lowest BCUT2D eigenvalue weighted by atomic mass is 9.84. The fraction of sp³-hybridized carbons (Fsp3) is 0.593. The summed E-state index contributed by atoms with van der Waals surface area (Å²) >= 11 is 4.70. The Balaban J connectivity index is 1.82. The van der Waals surface area contributed by atoms with Crippen molar-refractivity contribution in [1.29, 1.82) is 0 Å². The summed E-state index contributed by atoms with van der Waals surface area (Å²) in [5, 5.41) is 0.193. The van der Waals surface area contributed by atoms with Crippen molar-refractivity contribution in [1.82, 2.24) is 9.88 Å². The Labute approximate surface area is 242 Å². The summed E-state index contributed by atoms with van der Waals surface area (Å²) in [6, 6.07) is 5.32. The van der Waals surface area contributed by atoms with E-state index in [9.17, 15) is 4.79 Å². The highest BCUT2D eigenvalue weighted by Gasteiger charge is 2.72. The molecule has 1 unspecified atom stereocenters. The second kappa shape index (κ2) is 10.9. The van der Waals surface area contributed by atoms with Crippen LogP contribution in [0.4, 0.5) is 13.6 Å². The number of aryl methyl sites for hydroxylation is 1. The molecule has 1 fully saturated rings. The molecule has 1 aliphatic carbocycles. The molecule has 0 spiro atoms. The first-order valence-corrected chi connectivity index (χ1v) is 18.2. The van der Waals surface area contributed by atoms with E-state index in [2.05, 4.69) is 40.6 Å². The van der Waals surface area contributed by atoms with E-state index in [1.54, 1.807) is 32.9 Å². The molecule has 2 heterocycles. The van der Waals surface area contributed by atoms with Crippen molar-refractivity contribution < 1.29 is 27.5 Å². The van der Waals surface area contributed by atoms with Crippen LogP contribution in [0.1, 0.15) is 44.2 Å². The van der Waals surface area contributed by atoms with Gasteiger partial charge in [0.25, 0.3) is 0 Å². The van der Waals surface area contributed by atoms with Gasteiger partial charge in [-0.15, -0.1) is 0 Å². The minimum absolute atomic E-state index is 0.116. The Morgan fingerprint density at radius 1 is 1.33 bits per heavy atom. The largest absolute Gasteiger partial charge is 0.447 e. The van der Waals surface area contributed by atoms with Crippen LogP contribution in [0.15, 0.2) is 38.5 Å². The molecule has 0 bridgehead atoms. The van der Waals surface area contributed by atoms with Crippen molar-refractivity contribution >= 4 is 47.0 Å². The number of amides is 1. The van der Waals surface area contributed by atoms with E-state index >= 15 is 8.78 Å². The second-order valence-corrected chi connectivity index (χ2v) is 20.2. The van der Waals surface area contributed by atoms with Crippen molar-refractivity contribution in [3.8, 4) is 0 Å². The van der Waals surface area contributed by atoms with Crippen molar-refractivity contribution in [2.45, 2.75) is 75.7 Å².